The Labute approximate surface area is 108 Å². The van der Waals surface area contributed by atoms with Crippen LogP contribution in [0, 0.1) is 5.92 Å². The van der Waals surface area contributed by atoms with Crippen LogP contribution in [0.5, 0.6) is 11.5 Å². The van der Waals surface area contributed by atoms with Crippen molar-refractivity contribution in [3.05, 3.63) is 23.8 Å². The molecule has 0 aromatic heterocycles. The standard InChI is InChI=1S/C14H21NO3/c1-17-11-5-6-12(13(8-11)18-2)14(16)10-4-3-7-15-9-10/h5-6,8,10,14-16H,3-4,7,9H2,1-2H3. The van der Waals surface area contributed by atoms with E-state index in [1.54, 1.807) is 14.2 Å². The van der Waals surface area contributed by atoms with E-state index in [1.807, 2.05) is 18.2 Å². The lowest BCUT2D eigenvalue weighted by Gasteiger charge is -2.28. The van der Waals surface area contributed by atoms with Crippen LogP contribution in [-0.2, 0) is 0 Å². The maximum absolute atomic E-state index is 10.5. The minimum Gasteiger partial charge on any atom is -0.497 e. The monoisotopic (exact) mass is 251 g/mol. The van der Waals surface area contributed by atoms with Crippen LogP contribution in [0.25, 0.3) is 0 Å². The summed E-state index contributed by atoms with van der Waals surface area (Å²) >= 11 is 0. The highest BCUT2D eigenvalue weighted by atomic mass is 16.5. The molecule has 0 aliphatic carbocycles. The molecule has 0 radical (unpaired) electrons. The van der Waals surface area contributed by atoms with E-state index in [1.165, 1.54) is 0 Å². The van der Waals surface area contributed by atoms with Crippen molar-refractivity contribution in [2.45, 2.75) is 18.9 Å². The Kier molecular flexibility index (Phi) is 4.44. The smallest absolute Gasteiger partial charge is 0.128 e. The molecule has 0 amide bonds. The summed E-state index contributed by atoms with van der Waals surface area (Å²) < 4.78 is 10.5. The van der Waals surface area contributed by atoms with Crippen molar-refractivity contribution in [3.8, 4) is 11.5 Å². The molecule has 2 rings (SSSR count). The summed E-state index contributed by atoms with van der Waals surface area (Å²) in [6.45, 7) is 1.90. The second kappa shape index (κ2) is 6.07. The van der Waals surface area contributed by atoms with Crippen LogP contribution in [0.15, 0.2) is 18.2 Å². The topological polar surface area (TPSA) is 50.7 Å². The van der Waals surface area contributed by atoms with Gasteiger partial charge in [0.1, 0.15) is 11.5 Å². The van der Waals surface area contributed by atoms with E-state index in [0.717, 1.165) is 37.2 Å². The van der Waals surface area contributed by atoms with Crippen molar-refractivity contribution < 1.29 is 14.6 Å². The molecule has 2 unspecified atom stereocenters. The number of methoxy groups -OCH3 is 2. The summed E-state index contributed by atoms with van der Waals surface area (Å²) in [5.74, 6) is 1.68. The molecule has 1 fully saturated rings. The molecule has 4 nitrogen and oxygen atoms in total. The fraction of sp³-hybridized carbons (Fsp3) is 0.571. The van der Waals surface area contributed by atoms with E-state index >= 15 is 0 Å². The first-order chi connectivity index (χ1) is 8.76. The maximum Gasteiger partial charge on any atom is 0.128 e. The number of ether oxygens (including phenoxy) is 2. The lowest BCUT2D eigenvalue weighted by molar-refractivity contribution is 0.0896. The molecular formula is C14H21NO3. The zero-order valence-corrected chi connectivity index (χ0v) is 11.0. The summed E-state index contributed by atoms with van der Waals surface area (Å²) in [6, 6.07) is 5.56. The van der Waals surface area contributed by atoms with Gasteiger partial charge in [-0.25, -0.2) is 0 Å². The number of nitrogens with one attached hydrogen (secondary N) is 1. The molecular weight excluding hydrogens is 230 g/mol. The summed E-state index contributed by atoms with van der Waals surface area (Å²) in [5, 5.41) is 13.8. The van der Waals surface area contributed by atoms with Crippen LogP contribution < -0.4 is 14.8 Å². The number of rotatable bonds is 4. The van der Waals surface area contributed by atoms with Crippen LogP contribution in [-0.4, -0.2) is 32.4 Å². The Bertz CT molecular complexity index is 389. The molecule has 1 aromatic carbocycles. The molecule has 0 bridgehead atoms. The van der Waals surface area contributed by atoms with E-state index in [-0.39, 0.29) is 5.92 Å². The Morgan fingerprint density at radius 3 is 2.78 bits per heavy atom. The van der Waals surface area contributed by atoms with Gasteiger partial charge in [-0.1, -0.05) is 0 Å². The summed E-state index contributed by atoms with van der Waals surface area (Å²) in [6.07, 6.45) is 1.67. The molecule has 1 aliphatic heterocycles. The van der Waals surface area contributed by atoms with Gasteiger partial charge in [-0.2, -0.15) is 0 Å². The third-order valence-corrected chi connectivity index (χ3v) is 3.54. The minimum absolute atomic E-state index is 0.251. The number of hydrogen-bond donors (Lipinski definition) is 2. The van der Waals surface area contributed by atoms with E-state index in [4.69, 9.17) is 9.47 Å². The fourth-order valence-corrected chi connectivity index (χ4v) is 2.46. The lowest BCUT2D eigenvalue weighted by atomic mass is 9.89. The van der Waals surface area contributed by atoms with Crippen LogP contribution in [0.2, 0.25) is 0 Å². The van der Waals surface area contributed by atoms with Crippen molar-refractivity contribution in [2.24, 2.45) is 5.92 Å². The van der Waals surface area contributed by atoms with Crippen molar-refractivity contribution in [3.63, 3.8) is 0 Å². The largest absolute Gasteiger partial charge is 0.497 e. The zero-order valence-electron chi connectivity index (χ0n) is 11.0. The number of benzene rings is 1. The Morgan fingerprint density at radius 1 is 1.33 bits per heavy atom. The molecule has 100 valence electrons. The third kappa shape index (κ3) is 2.76. The Hall–Kier alpha value is -1.26. The zero-order chi connectivity index (χ0) is 13.0. The average Bonchev–Trinajstić information content (AvgIpc) is 2.46. The van der Waals surface area contributed by atoms with Crippen LogP contribution in [0.4, 0.5) is 0 Å². The molecule has 0 saturated carbocycles. The maximum atomic E-state index is 10.5. The normalized spacial score (nSPS) is 21.4. The molecule has 18 heavy (non-hydrogen) atoms. The van der Waals surface area contributed by atoms with Crippen molar-refractivity contribution in [1.29, 1.82) is 0 Å². The molecule has 0 spiro atoms. The minimum atomic E-state index is -0.487. The second-order valence-electron chi connectivity index (χ2n) is 4.66. The first-order valence-corrected chi connectivity index (χ1v) is 6.37. The lowest BCUT2D eigenvalue weighted by Crippen LogP contribution is -2.33. The fourth-order valence-electron chi connectivity index (χ4n) is 2.46. The molecule has 1 heterocycles. The van der Waals surface area contributed by atoms with Gasteiger partial charge in [0.15, 0.2) is 0 Å². The number of piperidine rings is 1. The van der Waals surface area contributed by atoms with Gasteiger partial charge in [0, 0.05) is 24.1 Å². The second-order valence-corrected chi connectivity index (χ2v) is 4.66. The Balaban J connectivity index is 2.20. The third-order valence-electron chi connectivity index (χ3n) is 3.54. The van der Waals surface area contributed by atoms with Gasteiger partial charge < -0.3 is 19.9 Å². The predicted molar refractivity (Wildman–Crippen MR) is 70.1 cm³/mol. The first-order valence-electron chi connectivity index (χ1n) is 6.37. The van der Waals surface area contributed by atoms with Crippen LogP contribution in [0.1, 0.15) is 24.5 Å². The molecule has 2 N–H and O–H groups in total. The van der Waals surface area contributed by atoms with Gasteiger partial charge in [-0.3, -0.25) is 0 Å². The number of hydrogen-bond acceptors (Lipinski definition) is 4. The van der Waals surface area contributed by atoms with Crippen molar-refractivity contribution in [1.82, 2.24) is 5.32 Å². The predicted octanol–water partition coefficient (Wildman–Crippen LogP) is 1.74. The van der Waals surface area contributed by atoms with Gasteiger partial charge in [0.05, 0.1) is 20.3 Å². The van der Waals surface area contributed by atoms with Crippen LogP contribution >= 0.6 is 0 Å². The van der Waals surface area contributed by atoms with E-state index in [0.29, 0.717) is 5.75 Å². The molecule has 1 aliphatic rings. The van der Waals surface area contributed by atoms with E-state index in [9.17, 15) is 5.11 Å². The van der Waals surface area contributed by atoms with E-state index in [2.05, 4.69) is 5.32 Å². The van der Waals surface area contributed by atoms with Crippen molar-refractivity contribution >= 4 is 0 Å². The Morgan fingerprint density at radius 2 is 2.17 bits per heavy atom. The van der Waals surface area contributed by atoms with Gasteiger partial charge in [-0.05, 0) is 31.5 Å². The quantitative estimate of drug-likeness (QED) is 0.856. The SMILES string of the molecule is COc1ccc(C(O)C2CCCNC2)c(OC)c1. The van der Waals surface area contributed by atoms with E-state index < -0.39 is 6.10 Å². The molecule has 1 aromatic rings. The van der Waals surface area contributed by atoms with Gasteiger partial charge >= 0.3 is 0 Å². The van der Waals surface area contributed by atoms with Crippen molar-refractivity contribution in [2.75, 3.05) is 27.3 Å². The summed E-state index contributed by atoms with van der Waals surface area (Å²) in [4.78, 5) is 0. The van der Waals surface area contributed by atoms with Crippen LogP contribution in [0.3, 0.4) is 0 Å². The highest BCUT2D eigenvalue weighted by Gasteiger charge is 2.25. The summed E-state index contributed by atoms with van der Waals surface area (Å²) in [5.41, 5.74) is 0.840. The van der Waals surface area contributed by atoms with Gasteiger partial charge in [0.2, 0.25) is 0 Å². The highest BCUT2D eigenvalue weighted by molar-refractivity contribution is 5.42. The van der Waals surface area contributed by atoms with Gasteiger partial charge in [0.25, 0.3) is 0 Å². The molecule has 4 heteroatoms. The summed E-state index contributed by atoms with van der Waals surface area (Å²) in [7, 11) is 3.24. The molecule has 1 saturated heterocycles. The average molecular weight is 251 g/mol. The number of aliphatic hydroxyl groups excluding tert-OH is 1. The highest BCUT2D eigenvalue weighted by Crippen LogP contribution is 2.35. The molecule has 2 atom stereocenters. The number of aliphatic hydroxyl groups is 1. The first kappa shape index (κ1) is 13.2. The van der Waals surface area contributed by atoms with Gasteiger partial charge in [-0.15, -0.1) is 0 Å².